The highest BCUT2D eigenvalue weighted by Crippen LogP contribution is 2.27. The number of nitrogens with one attached hydrogen (secondary N) is 1. The van der Waals surface area contributed by atoms with Crippen LogP contribution in [0.3, 0.4) is 0 Å². The maximum Gasteiger partial charge on any atom is 0.248 e. The Hall–Kier alpha value is -3.48. The number of carbonyl (C=O) groups is 1. The molecule has 28 heavy (non-hydrogen) atoms. The first-order valence-electron chi connectivity index (χ1n) is 8.88. The molecule has 0 aliphatic rings. The maximum atomic E-state index is 13.7. The van der Waals surface area contributed by atoms with Crippen molar-refractivity contribution in [3.8, 4) is 11.3 Å². The van der Waals surface area contributed by atoms with Crippen molar-refractivity contribution < 1.29 is 9.18 Å². The predicted octanol–water partition coefficient (Wildman–Crippen LogP) is 3.24. The average molecular weight is 379 g/mol. The van der Waals surface area contributed by atoms with Crippen LogP contribution in [0.25, 0.3) is 11.3 Å². The highest BCUT2D eigenvalue weighted by Gasteiger charge is 2.11. The first-order chi connectivity index (χ1) is 13.3. The zero-order valence-corrected chi connectivity index (χ0v) is 15.8. The van der Waals surface area contributed by atoms with E-state index in [4.69, 9.17) is 11.5 Å². The zero-order chi connectivity index (χ0) is 20.3. The molecule has 2 aromatic carbocycles. The molecule has 0 fully saturated rings. The van der Waals surface area contributed by atoms with Crippen LogP contribution in [-0.2, 0) is 6.42 Å². The summed E-state index contributed by atoms with van der Waals surface area (Å²) in [6.45, 7) is 4.21. The van der Waals surface area contributed by atoms with Crippen molar-refractivity contribution in [2.45, 2.75) is 20.3 Å². The van der Waals surface area contributed by atoms with Crippen molar-refractivity contribution in [2.75, 3.05) is 17.6 Å². The standard InChI is InChI=1S/C21H22FN5O/c1-12-13(2)17(22)8-7-16(12)18-11-19(27-21(24)26-18)25-10-9-14-3-5-15(6-4-14)20(23)28/h3-8,11H,9-10H2,1-2H3,(H2,23,28)(H3,24,25,26,27). The van der Waals surface area contributed by atoms with Crippen LogP contribution in [0.4, 0.5) is 16.2 Å². The SMILES string of the molecule is Cc1c(F)ccc(-c2cc(NCCc3ccc(C(N)=O)cc3)nc(N)n2)c1C. The second-order valence-corrected chi connectivity index (χ2v) is 6.58. The van der Waals surface area contributed by atoms with Crippen LogP contribution in [0.2, 0.25) is 0 Å². The minimum atomic E-state index is -0.444. The van der Waals surface area contributed by atoms with E-state index in [2.05, 4.69) is 15.3 Å². The summed E-state index contributed by atoms with van der Waals surface area (Å²) in [5.41, 5.74) is 15.5. The maximum absolute atomic E-state index is 13.7. The van der Waals surface area contributed by atoms with Crippen molar-refractivity contribution >= 4 is 17.7 Å². The molecule has 0 saturated heterocycles. The number of benzene rings is 2. The number of anilines is 2. The summed E-state index contributed by atoms with van der Waals surface area (Å²) >= 11 is 0. The molecular weight excluding hydrogens is 357 g/mol. The second kappa shape index (κ2) is 8.04. The van der Waals surface area contributed by atoms with Crippen LogP contribution in [0.15, 0.2) is 42.5 Å². The van der Waals surface area contributed by atoms with Gasteiger partial charge in [0.1, 0.15) is 11.6 Å². The van der Waals surface area contributed by atoms with E-state index >= 15 is 0 Å². The van der Waals surface area contributed by atoms with Gasteiger partial charge in [-0.1, -0.05) is 12.1 Å². The van der Waals surface area contributed by atoms with Gasteiger partial charge in [0.2, 0.25) is 11.9 Å². The lowest BCUT2D eigenvalue weighted by Crippen LogP contribution is -2.11. The van der Waals surface area contributed by atoms with E-state index < -0.39 is 5.91 Å². The van der Waals surface area contributed by atoms with Crippen molar-refractivity contribution in [3.05, 3.63) is 70.5 Å². The molecule has 6 nitrogen and oxygen atoms in total. The second-order valence-electron chi connectivity index (χ2n) is 6.58. The molecule has 0 spiro atoms. The van der Waals surface area contributed by atoms with Gasteiger partial charge in [-0.05, 0) is 61.2 Å². The van der Waals surface area contributed by atoms with Gasteiger partial charge in [0.25, 0.3) is 0 Å². The van der Waals surface area contributed by atoms with E-state index in [0.29, 0.717) is 29.2 Å². The number of nitrogens with two attached hydrogens (primary N) is 2. The van der Waals surface area contributed by atoms with Crippen molar-refractivity contribution in [2.24, 2.45) is 5.73 Å². The first-order valence-corrected chi connectivity index (χ1v) is 8.88. The third-order valence-corrected chi connectivity index (χ3v) is 4.70. The van der Waals surface area contributed by atoms with E-state index in [0.717, 1.165) is 23.1 Å². The topological polar surface area (TPSA) is 107 Å². The van der Waals surface area contributed by atoms with Gasteiger partial charge in [0.05, 0.1) is 5.69 Å². The summed E-state index contributed by atoms with van der Waals surface area (Å²) in [6.07, 6.45) is 0.729. The molecule has 1 heterocycles. The van der Waals surface area contributed by atoms with Crippen LogP contribution in [0.5, 0.6) is 0 Å². The van der Waals surface area contributed by atoms with Crippen LogP contribution < -0.4 is 16.8 Å². The number of aromatic nitrogens is 2. The lowest BCUT2D eigenvalue weighted by atomic mass is 10.00. The van der Waals surface area contributed by atoms with Crippen LogP contribution in [-0.4, -0.2) is 22.4 Å². The number of nitrogen functional groups attached to an aromatic ring is 1. The van der Waals surface area contributed by atoms with Gasteiger partial charge in [-0.2, -0.15) is 4.98 Å². The summed E-state index contributed by atoms with van der Waals surface area (Å²) in [5.74, 6) is 0.0498. The van der Waals surface area contributed by atoms with Crippen molar-refractivity contribution in [3.63, 3.8) is 0 Å². The number of carbonyl (C=O) groups excluding carboxylic acids is 1. The third kappa shape index (κ3) is 4.25. The molecular formula is C21H22FN5O. The van der Waals surface area contributed by atoms with Crippen LogP contribution in [0.1, 0.15) is 27.0 Å². The molecule has 0 bridgehead atoms. The predicted molar refractivity (Wildman–Crippen MR) is 108 cm³/mol. The Balaban J connectivity index is 1.73. The fraction of sp³-hybridized carbons (Fsp3) is 0.190. The number of halogens is 1. The molecule has 0 aliphatic carbocycles. The normalized spacial score (nSPS) is 10.7. The summed E-state index contributed by atoms with van der Waals surface area (Å²) in [7, 11) is 0. The van der Waals surface area contributed by atoms with E-state index in [1.165, 1.54) is 6.07 Å². The molecule has 3 aromatic rings. The largest absolute Gasteiger partial charge is 0.370 e. The van der Waals surface area contributed by atoms with E-state index in [-0.39, 0.29) is 11.8 Å². The monoisotopic (exact) mass is 379 g/mol. The van der Waals surface area contributed by atoms with Crippen LogP contribution >= 0.6 is 0 Å². The molecule has 0 radical (unpaired) electrons. The Morgan fingerprint density at radius 2 is 1.79 bits per heavy atom. The Bertz CT molecular complexity index is 1020. The number of hydrogen-bond donors (Lipinski definition) is 3. The van der Waals surface area contributed by atoms with E-state index in [9.17, 15) is 9.18 Å². The van der Waals surface area contributed by atoms with Gasteiger partial charge >= 0.3 is 0 Å². The van der Waals surface area contributed by atoms with Gasteiger partial charge < -0.3 is 16.8 Å². The number of amides is 1. The quantitative estimate of drug-likeness (QED) is 0.609. The summed E-state index contributed by atoms with van der Waals surface area (Å²) < 4.78 is 13.7. The molecule has 0 aliphatic heterocycles. The van der Waals surface area contributed by atoms with Gasteiger partial charge in [0.15, 0.2) is 0 Å². The van der Waals surface area contributed by atoms with Gasteiger partial charge in [-0.15, -0.1) is 0 Å². The molecule has 0 saturated carbocycles. The Kier molecular flexibility index (Phi) is 5.54. The zero-order valence-electron chi connectivity index (χ0n) is 15.8. The third-order valence-electron chi connectivity index (χ3n) is 4.70. The molecule has 144 valence electrons. The van der Waals surface area contributed by atoms with Gasteiger partial charge in [-0.25, -0.2) is 9.37 Å². The van der Waals surface area contributed by atoms with Crippen molar-refractivity contribution in [1.82, 2.24) is 9.97 Å². The molecule has 5 N–H and O–H groups in total. The molecule has 1 aromatic heterocycles. The lowest BCUT2D eigenvalue weighted by Gasteiger charge is -2.12. The van der Waals surface area contributed by atoms with Crippen LogP contribution in [0, 0.1) is 19.7 Å². The van der Waals surface area contributed by atoms with Gasteiger partial charge in [-0.3, -0.25) is 4.79 Å². The molecule has 7 heteroatoms. The average Bonchev–Trinajstić information content (AvgIpc) is 2.66. The fourth-order valence-corrected chi connectivity index (χ4v) is 2.93. The molecule has 0 unspecified atom stereocenters. The number of nitrogens with zero attached hydrogens (tertiary/aromatic N) is 2. The minimum Gasteiger partial charge on any atom is -0.370 e. The highest BCUT2D eigenvalue weighted by atomic mass is 19.1. The number of hydrogen-bond acceptors (Lipinski definition) is 5. The molecule has 1 amide bonds. The lowest BCUT2D eigenvalue weighted by molar-refractivity contribution is 0.100. The molecule has 0 atom stereocenters. The highest BCUT2D eigenvalue weighted by molar-refractivity contribution is 5.92. The molecule has 3 rings (SSSR count). The number of rotatable bonds is 6. The Labute approximate surface area is 162 Å². The Morgan fingerprint density at radius 3 is 2.46 bits per heavy atom. The van der Waals surface area contributed by atoms with Crippen molar-refractivity contribution in [1.29, 1.82) is 0 Å². The fourth-order valence-electron chi connectivity index (χ4n) is 2.93. The summed E-state index contributed by atoms with van der Waals surface area (Å²) in [6, 6.07) is 12.1. The smallest absolute Gasteiger partial charge is 0.248 e. The minimum absolute atomic E-state index is 0.146. The number of primary amides is 1. The van der Waals surface area contributed by atoms with E-state index in [1.54, 1.807) is 31.2 Å². The van der Waals surface area contributed by atoms with E-state index in [1.807, 2.05) is 19.1 Å². The summed E-state index contributed by atoms with van der Waals surface area (Å²) in [4.78, 5) is 19.6. The first kappa shape index (κ1) is 19.3. The Morgan fingerprint density at radius 1 is 1.07 bits per heavy atom. The van der Waals surface area contributed by atoms with Gasteiger partial charge in [0, 0.05) is 23.7 Å². The summed E-state index contributed by atoms with van der Waals surface area (Å²) in [5, 5.41) is 3.23.